The monoisotopic (exact) mass is 371 g/mol. The van der Waals surface area contributed by atoms with E-state index in [9.17, 15) is 14.0 Å². The van der Waals surface area contributed by atoms with E-state index in [4.69, 9.17) is 9.84 Å². The molecule has 0 saturated carbocycles. The first kappa shape index (κ1) is 17.3. The second kappa shape index (κ2) is 5.94. The number of carbonyl (C=O) groups excluding carboxylic acids is 1. The number of rotatable bonds is 2. The lowest BCUT2D eigenvalue weighted by Crippen LogP contribution is -2.31. The minimum atomic E-state index is -1.22. The molecule has 1 fully saturated rings. The molecule has 2 aromatic rings. The summed E-state index contributed by atoms with van der Waals surface area (Å²) in [6.07, 6.45) is 1.40. The zero-order valence-corrected chi connectivity index (χ0v) is 14.9. The van der Waals surface area contributed by atoms with Crippen molar-refractivity contribution >= 4 is 23.5 Å². The third kappa shape index (κ3) is 2.87. The van der Waals surface area contributed by atoms with Crippen LogP contribution in [0.3, 0.4) is 0 Å². The van der Waals surface area contributed by atoms with Crippen LogP contribution in [0.2, 0.25) is 0 Å². The molecule has 0 spiro atoms. The molecule has 1 saturated heterocycles. The zero-order chi connectivity index (χ0) is 19.3. The third-order valence-electron chi connectivity index (χ3n) is 4.86. The van der Waals surface area contributed by atoms with E-state index in [0.717, 1.165) is 0 Å². The van der Waals surface area contributed by atoms with Crippen LogP contribution in [0, 0.1) is 5.82 Å². The van der Waals surface area contributed by atoms with Crippen molar-refractivity contribution in [2.45, 2.75) is 32.3 Å². The summed E-state index contributed by atoms with van der Waals surface area (Å²) < 4.78 is 20.9. The van der Waals surface area contributed by atoms with Crippen LogP contribution in [0.15, 0.2) is 24.4 Å². The molecule has 1 aromatic carbocycles. The first-order valence-corrected chi connectivity index (χ1v) is 8.60. The smallest absolute Gasteiger partial charge is 0.410 e. The zero-order valence-electron chi connectivity index (χ0n) is 14.9. The van der Waals surface area contributed by atoms with Crippen LogP contribution in [0.4, 0.5) is 20.7 Å². The minimum absolute atomic E-state index is 0.102. The molecule has 7 nitrogen and oxygen atoms in total. The molecule has 2 aliphatic rings. The van der Waals surface area contributed by atoms with Gasteiger partial charge in [0.25, 0.3) is 0 Å². The van der Waals surface area contributed by atoms with Crippen molar-refractivity contribution in [3.8, 4) is 16.9 Å². The molecule has 3 heterocycles. The van der Waals surface area contributed by atoms with Gasteiger partial charge >= 0.3 is 6.09 Å². The Morgan fingerprint density at radius 1 is 1.33 bits per heavy atom. The lowest BCUT2D eigenvalue weighted by Gasteiger charge is -2.35. The lowest BCUT2D eigenvalue weighted by atomic mass is 9.87. The van der Waals surface area contributed by atoms with E-state index in [1.54, 1.807) is 12.1 Å². The molecule has 2 amide bonds. The van der Waals surface area contributed by atoms with E-state index in [0.29, 0.717) is 41.8 Å². The number of carboxylic acid groups (broad SMARTS) is 1. The molecule has 8 heteroatoms. The molecule has 0 unspecified atom stereocenters. The maximum atomic E-state index is 14.8. The molecule has 0 atom stereocenters. The normalized spacial score (nSPS) is 17.1. The predicted octanol–water partition coefficient (Wildman–Crippen LogP) is 3.73. The number of aromatic nitrogens is 1. The number of nitrogens with zero attached hydrogens (tertiary/aromatic N) is 2. The van der Waals surface area contributed by atoms with E-state index >= 15 is 0 Å². The number of hydrogen-bond donors (Lipinski definition) is 2. The van der Waals surface area contributed by atoms with Crippen LogP contribution in [-0.4, -0.2) is 28.6 Å². The highest BCUT2D eigenvalue weighted by Gasteiger charge is 2.35. The highest BCUT2D eigenvalue weighted by Crippen LogP contribution is 2.47. The van der Waals surface area contributed by atoms with Crippen molar-refractivity contribution in [3.05, 3.63) is 35.8 Å². The fourth-order valence-electron chi connectivity index (χ4n) is 3.62. The van der Waals surface area contributed by atoms with Gasteiger partial charge in [0.05, 0.1) is 5.69 Å². The largest absolute Gasteiger partial charge is 0.482 e. The number of nitrogens with one attached hydrogen (secondary N) is 1. The van der Waals surface area contributed by atoms with E-state index in [-0.39, 0.29) is 17.4 Å². The average molecular weight is 371 g/mol. The Morgan fingerprint density at radius 3 is 2.78 bits per heavy atom. The van der Waals surface area contributed by atoms with E-state index in [1.165, 1.54) is 17.2 Å². The SMILES string of the molecule is CC1(C)Oc2cc(N3CCCC3=O)c(F)cc2-c2cnc(NC(=O)O)cc21. The Hall–Kier alpha value is -3.16. The average Bonchev–Trinajstić information content (AvgIpc) is 3.00. The van der Waals surface area contributed by atoms with Crippen LogP contribution in [-0.2, 0) is 10.4 Å². The van der Waals surface area contributed by atoms with Crippen molar-refractivity contribution < 1.29 is 23.8 Å². The van der Waals surface area contributed by atoms with Crippen molar-refractivity contribution in [2.24, 2.45) is 0 Å². The fourth-order valence-corrected chi connectivity index (χ4v) is 3.62. The van der Waals surface area contributed by atoms with Gasteiger partial charge in [0, 0.05) is 41.9 Å². The molecular weight excluding hydrogens is 353 g/mol. The maximum Gasteiger partial charge on any atom is 0.410 e. The van der Waals surface area contributed by atoms with Gasteiger partial charge < -0.3 is 14.7 Å². The van der Waals surface area contributed by atoms with Crippen molar-refractivity contribution in [3.63, 3.8) is 0 Å². The summed E-state index contributed by atoms with van der Waals surface area (Å²) in [4.78, 5) is 28.4. The van der Waals surface area contributed by atoms with E-state index in [1.807, 2.05) is 13.8 Å². The fraction of sp³-hybridized carbons (Fsp3) is 0.316. The highest BCUT2D eigenvalue weighted by molar-refractivity contribution is 5.96. The van der Waals surface area contributed by atoms with Gasteiger partial charge in [-0.15, -0.1) is 0 Å². The predicted molar refractivity (Wildman–Crippen MR) is 96.5 cm³/mol. The Bertz CT molecular complexity index is 974. The quantitative estimate of drug-likeness (QED) is 0.839. The van der Waals surface area contributed by atoms with Gasteiger partial charge in [-0.05, 0) is 32.4 Å². The standard InChI is InChI=1S/C19H18FN3O4/c1-19(2)12-7-16(22-18(25)26)21-9-11(12)10-6-13(20)14(8-15(10)27-19)23-5-3-4-17(23)24/h6-9H,3-5H2,1-2H3,(H,21,22)(H,25,26). The highest BCUT2D eigenvalue weighted by atomic mass is 19.1. The van der Waals surface area contributed by atoms with Crippen LogP contribution in [0.5, 0.6) is 5.75 Å². The molecule has 4 rings (SSSR count). The molecule has 27 heavy (non-hydrogen) atoms. The van der Waals surface area contributed by atoms with Gasteiger partial charge in [0.1, 0.15) is 23.0 Å². The second-order valence-electron chi connectivity index (χ2n) is 7.11. The van der Waals surface area contributed by atoms with Crippen LogP contribution < -0.4 is 15.0 Å². The van der Waals surface area contributed by atoms with Crippen LogP contribution in [0.25, 0.3) is 11.1 Å². The van der Waals surface area contributed by atoms with Crippen molar-refractivity contribution in [2.75, 3.05) is 16.8 Å². The summed E-state index contributed by atoms with van der Waals surface area (Å²) in [7, 11) is 0. The molecule has 2 aliphatic heterocycles. The molecule has 0 radical (unpaired) electrons. The Morgan fingerprint density at radius 2 is 2.11 bits per heavy atom. The molecule has 0 aliphatic carbocycles. The summed E-state index contributed by atoms with van der Waals surface area (Å²) >= 11 is 0. The summed E-state index contributed by atoms with van der Waals surface area (Å²) in [6.45, 7) is 4.16. The number of ether oxygens (including phenoxy) is 1. The summed E-state index contributed by atoms with van der Waals surface area (Å²) in [5.74, 6) is 0.0202. The second-order valence-corrected chi connectivity index (χ2v) is 7.11. The van der Waals surface area contributed by atoms with Crippen LogP contribution in [0.1, 0.15) is 32.3 Å². The maximum absolute atomic E-state index is 14.8. The van der Waals surface area contributed by atoms with Gasteiger partial charge in [0.2, 0.25) is 5.91 Å². The van der Waals surface area contributed by atoms with E-state index in [2.05, 4.69) is 10.3 Å². The molecule has 140 valence electrons. The number of amides is 2. The molecule has 2 N–H and O–H groups in total. The molecule has 1 aromatic heterocycles. The van der Waals surface area contributed by atoms with Gasteiger partial charge in [0.15, 0.2) is 0 Å². The first-order valence-electron chi connectivity index (χ1n) is 8.60. The Labute approximate surface area is 154 Å². The number of halogens is 1. The number of fused-ring (bicyclic) bond motifs is 3. The topological polar surface area (TPSA) is 91.8 Å². The number of anilines is 2. The van der Waals surface area contributed by atoms with Gasteiger partial charge in [-0.3, -0.25) is 10.1 Å². The number of benzene rings is 1. The van der Waals surface area contributed by atoms with Crippen LogP contribution >= 0.6 is 0 Å². The summed E-state index contributed by atoms with van der Waals surface area (Å²) in [6, 6.07) is 4.49. The molecule has 0 bridgehead atoms. The third-order valence-corrected chi connectivity index (χ3v) is 4.86. The number of pyridine rings is 1. The Kier molecular flexibility index (Phi) is 3.80. The van der Waals surface area contributed by atoms with Gasteiger partial charge in [-0.2, -0.15) is 0 Å². The molecular formula is C19H18FN3O4. The summed E-state index contributed by atoms with van der Waals surface area (Å²) in [5, 5.41) is 11.1. The minimum Gasteiger partial charge on any atom is -0.482 e. The lowest BCUT2D eigenvalue weighted by molar-refractivity contribution is -0.117. The Balaban J connectivity index is 1.83. The van der Waals surface area contributed by atoms with Crippen molar-refractivity contribution in [1.29, 1.82) is 0 Å². The van der Waals surface area contributed by atoms with Crippen molar-refractivity contribution in [1.82, 2.24) is 4.98 Å². The summed E-state index contributed by atoms with van der Waals surface area (Å²) in [5.41, 5.74) is 1.30. The van der Waals surface area contributed by atoms with Gasteiger partial charge in [-0.1, -0.05) is 0 Å². The number of carbonyl (C=O) groups is 2. The number of hydrogen-bond acceptors (Lipinski definition) is 4. The first-order chi connectivity index (χ1) is 12.8. The van der Waals surface area contributed by atoms with E-state index < -0.39 is 17.5 Å². The van der Waals surface area contributed by atoms with Gasteiger partial charge in [-0.25, -0.2) is 14.2 Å².